The molecular weight excluding hydrogens is 246 g/mol. The SMILES string of the molecule is COCC(O)CCN1C(=O)c2ccc(C)cc2C1=O. The normalized spacial score (nSPS) is 15.8. The fourth-order valence-corrected chi connectivity index (χ4v) is 2.16. The van der Waals surface area contributed by atoms with Crippen LogP contribution in [0.3, 0.4) is 0 Å². The number of benzene rings is 1. The molecule has 1 N–H and O–H groups in total. The summed E-state index contributed by atoms with van der Waals surface area (Å²) in [5, 5.41) is 9.57. The average molecular weight is 263 g/mol. The second kappa shape index (κ2) is 5.50. The molecule has 2 rings (SSSR count). The Balaban J connectivity index is 2.10. The molecule has 0 saturated carbocycles. The minimum absolute atomic E-state index is 0.197. The second-order valence-electron chi connectivity index (χ2n) is 4.71. The van der Waals surface area contributed by atoms with Crippen molar-refractivity contribution in [2.45, 2.75) is 19.4 Å². The summed E-state index contributed by atoms with van der Waals surface area (Å²) in [6, 6.07) is 5.21. The van der Waals surface area contributed by atoms with E-state index in [9.17, 15) is 14.7 Å². The van der Waals surface area contributed by atoms with Crippen LogP contribution in [0.25, 0.3) is 0 Å². The summed E-state index contributed by atoms with van der Waals surface area (Å²) in [6.07, 6.45) is -0.353. The Hall–Kier alpha value is -1.72. The molecule has 102 valence electrons. The third kappa shape index (κ3) is 2.67. The van der Waals surface area contributed by atoms with Gasteiger partial charge in [-0.25, -0.2) is 0 Å². The van der Waals surface area contributed by atoms with Gasteiger partial charge in [-0.1, -0.05) is 11.6 Å². The summed E-state index contributed by atoms with van der Waals surface area (Å²) in [5.74, 6) is -0.571. The summed E-state index contributed by atoms with van der Waals surface area (Å²) in [6.45, 7) is 2.28. The molecule has 1 unspecified atom stereocenters. The highest BCUT2D eigenvalue weighted by atomic mass is 16.5. The first-order valence-electron chi connectivity index (χ1n) is 6.18. The first kappa shape index (κ1) is 13.7. The van der Waals surface area contributed by atoms with Crippen LogP contribution in [-0.2, 0) is 4.74 Å². The number of rotatable bonds is 5. The number of aliphatic hydroxyl groups excluding tert-OH is 1. The van der Waals surface area contributed by atoms with Gasteiger partial charge in [-0.05, 0) is 25.5 Å². The van der Waals surface area contributed by atoms with Crippen LogP contribution >= 0.6 is 0 Å². The van der Waals surface area contributed by atoms with Gasteiger partial charge in [-0.15, -0.1) is 0 Å². The summed E-state index contributed by atoms with van der Waals surface area (Å²) in [4.78, 5) is 25.4. The minimum atomic E-state index is -0.670. The smallest absolute Gasteiger partial charge is 0.261 e. The van der Waals surface area contributed by atoms with Crippen LogP contribution in [0, 0.1) is 6.92 Å². The van der Waals surface area contributed by atoms with Crippen molar-refractivity contribution < 1.29 is 19.4 Å². The van der Waals surface area contributed by atoms with Gasteiger partial charge in [0.15, 0.2) is 0 Å². The maximum atomic E-state index is 12.1. The molecule has 0 bridgehead atoms. The number of fused-ring (bicyclic) bond motifs is 1. The molecule has 0 aliphatic carbocycles. The van der Waals surface area contributed by atoms with Gasteiger partial charge >= 0.3 is 0 Å². The maximum Gasteiger partial charge on any atom is 0.261 e. The van der Waals surface area contributed by atoms with Crippen LogP contribution in [0.1, 0.15) is 32.7 Å². The molecule has 2 amide bonds. The first-order chi connectivity index (χ1) is 9.04. The predicted molar refractivity (Wildman–Crippen MR) is 69.0 cm³/mol. The number of aryl methyl sites for hydroxylation is 1. The second-order valence-corrected chi connectivity index (χ2v) is 4.71. The van der Waals surface area contributed by atoms with E-state index < -0.39 is 6.10 Å². The Bertz CT molecular complexity index is 512. The largest absolute Gasteiger partial charge is 0.391 e. The maximum absolute atomic E-state index is 12.1. The van der Waals surface area contributed by atoms with Gasteiger partial charge in [0.2, 0.25) is 0 Å². The van der Waals surface area contributed by atoms with Crippen LogP contribution in [0.15, 0.2) is 18.2 Å². The first-order valence-corrected chi connectivity index (χ1v) is 6.18. The molecule has 1 atom stereocenters. The number of imide groups is 1. The highest BCUT2D eigenvalue weighted by molar-refractivity contribution is 6.21. The van der Waals surface area contributed by atoms with E-state index in [2.05, 4.69) is 0 Å². The molecule has 0 fully saturated rings. The van der Waals surface area contributed by atoms with Gasteiger partial charge < -0.3 is 9.84 Å². The molecule has 1 heterocycles. The lowest BCUT2D eigenvalue weighted by Gasteiger charge is -2.16. The molecule has 0 saturated heterocycles. The van der Waals surface area contributed by atoms with E-state index in [0.29, 0.717) is 17.5 Å². The zero-order chi connectivity index (χ0) is 14.0. The van der Waals surface area contributed by atoms with Crippen molar-refractivity contribution in [2.24, 2.45) is 0 Å². The molecule has 19 heavy (non-hydrogen) atoms. The topological polar surface area (TPSA) is 66.8 Å². The Kier molecular flexibility index (Phi) is 3.97. The van der Waals surface area contributed by atoms with Crippen LogP contribution < -0.4 is 0 Å². The fourth-order valence-electron chi connectivity index (χ4n) is 2.16. The van der Waals surface area contributed by atoms with Crippen LogP contribution in [0.4, 0.5) is 0 Å². The van der Waals surface area contributed by atoms with Gasteiger partial charge in [0.05, 0.1) is 23.8 Å². The number of aliphatic hydroxyl groups is 1. The lowest BCUT2D eigenvalue weighted by Crippen LogP contribution is -2.33. The summed E-state index contributed by atoms with van der Waals surface area (Å²) in [7, 11) is 1.49. The number of methoxy groups -OCH3 is 1. The third-order valence-corrected chi connectivity index (χ3v) is 3.17. The van der Waals surface area contributed by atoms with E-state index in [1.807, 2.05) is 13.0 Å². The Morgan fingerprint density at radius 1 is 1.26 bits per heavy atom. The van der Waals surface area contributed by atoms with Crippen molar-refractivity contribution in [3.63, 3.8) is 0 Å². The minimum Gasteiger partial charge on any atom is -0.391 e. The predicted octanol–water partition coefficient (Wildman–Crippen LogP) is 0.988. The van der Waals surface area contributed by atoms with Gasteiger partial charge in [-0.3, -0.25) is 14.5 Å². The van der Waals surface area contributed by atoms with E-state index in [1.165, 1.54) is 12.0 Å². The monoisotopic (exact) mass is 263 g/mol. The van der Waals surface area contributed by atoms with Gasteiger partial charge in [-0.2, -0.15) is 0 Å². The van der Waals surface area contributed by atoms with E-state index in [-0.39, 0.29) is 25.0 Å². The number of amides is 2. The van der Waals surface area contributed by atoms with E-state index >= 15 is 0 Å². The molecule has 1 aromatic rings. The summed E-state index contributed by atoms with van der Waals surface area (Å²) in [5.41, 5.74) is 1.84. The van der Waals surface area contributed by atoms with Crippen molar-refractivity contribution in [1.29, 1.82) is 0 Å². The molecule has 1 aromatic carbocycles. The fraction of sp³-hybridized carbons (Fsp3) is 0.429. The number of hydrogen-bond donors (Lipinski definition) is 1. The molecule has 1 aliphatic rings. The number of carbonyl (C=O) groups excluding carboxylic acids is 2. The molecule has 0 spiro atoms. The van der Waals surface area contributed by atoms with E-state index in [0.717, 1.165) is 5.56 Å². The number of ether oxygens (including phenoxy) is 1. The molecular formula is C14H17NO4. The van der Waals surface area contributed by atoms with Gasteiger partial charge in [0, 0.05) is 13.7 Å². The van der Waals surface area contributed by atoms with Crippen LogP contribution in [0.5, 0.6) is 0 Å². The lowest BCUT2D eigenvalue weighted by molar-refractivity contribution is 0.0459. The summed E-state index contributed by atoms with van der Waals surface area (Å²) >= 11 is 0. The van der Waals surface area contributed by atoms with Crippen LogP contribution in [0.2, 0.25) is 0 Å². The molecule has 5 heteroatoms. The van der Waals surface area contributed by atoms with E-state index in [4.69, 9.17) is 4.74 Å². The van der Waals surface area contributed by atoms with Crippen molar-refractivity contribution >= 4 is 11.8 Å². The molecule has 1 aliphatic heterocycles. The zero-order valence-electron chi connectivity index (χ0n) is 11.0. The molecule has 0 aromatic heterocycles. The molecule has 5 nitrogen and oxygen atoms in total. The lowest BCUT2D eigenvalue weighted by atomic mass is 10.1. The Morgan fingerprint density at radius 3 is 2.63 bits per heavy atom. The highest BCUT2D eigenvalue weighted by Gasteiger charge is 2.35. The van der Waals surface area contributed by atoms with Crippen LogP contribution in [-0.4, -0.2) is 48.2 Å². The average Bonchev–Trinajstić information content (AvgIpc) is 2.60. The number of carbonyl (C=O) groups is 2. The quantitative estimate of drug-likeness (QED) is 0.804. The van der Waals surface area contributed by atoms with Gasteiger partial charge in [0.25, 0.3) is 11.8 Å². The van der Waals surface area contributed by atoms with Crippen molar-refractivity contribution in [1.82, 2.24) is 4.90 Å². The Labute approximate surface area is 111 Å². The zero-order valence-corrected chi connectivity index (χ0v) is 11.0. The Morgan fingerprint density at radius 2 is 1.95 bits per heavy atom. The summed E-state index contributed by atoms with van der Waals surface area (Å²) < 4.78 is 4.81. The van der Waals surface area contributed by atoms with Crippen molar-refractivity contribution in [3.05, 3.63) is 34.9 Å². The molecule has 0 radical (unpaired) electrons. The third-order valence-electron chi connectivity index (χ3n) is 3.17. The van der Waals surface area contributed by atoms with Gasteiger partial charge in [0.1, 0.15) is 0 Å². The standard InChI is InChI=1S/C14H17NO4/c1-9-3-4-11-12(7-9)14(18)15(13(11)17)6-5-10(16)8-19-2/h3-4,7,10,16H,5-6,8H2,1-2H3. The highest BCUT2D eigenvalue weighted by Crippen LogP contribution is 2.24. The number of hydrogen-bond acceptors (Lipinski definition) is 4. The van der Waals surface area contributed by atoms with E-state index in [1.54, 1.807) is 12.1 Å². The number of nitrogens with zero attached hydrogens (tertiary/aromatic N) is 1. The van der Waals surface area contributed by atoms with Crippen molar-refractivity contribution in [2.75, 3.05) is 20.3 Å². The van der Waals surface area contributed by atoms with Crippen molar-refractivity contribution in [3.8, 4) is 0 Å².